The average Bonchev–Trinajstić information content (AvgIpc) is 2.25. The molecular formula is C8H8ClN2O3S-. The van der Waals surface area contributed by atoms with Gasteiger partial charge >= 0.3 is 0 Å². The Balaban J connectivity index is 2.38. The van der Waals surface area contributed by atoms with E-state index >= 15 is 0 Å². The van der Waals surface area contributed by atoms with Crippen LogP contribution in [0.3, 0.4) is 0 Å². The van der Waals surface area contributed by atoms with Crippen molar-refractivity contribution in [1.82, 2.24) is 4.90 Å². The molecule has 0 radical (unpaired) electrons. The molecule has 2 heterocycles. The molecule has 15 heavy (non-hydrogen) atoms. The molecule has 1 amide bonds. The molecule has 0 bridgehead atoms. The van der Waals surface area contributed by atoms with E-state index in [1.165, 1.54) is 16.7 Å². The number of thioether (sulfide) groups is 1. The quantitative estimate of drug-likeness (QED) is 0.473. The zero-order valence-corrected chi connectivity index (χ0v) is 9.18. The molecule has 82 valence electrons. The van der Waals surface area contributed by atoms with Crippen molar-refractivity contribution in [2.24, 2.45) is 5.73 Å². The van der Waals surface area contributed by atoms with Gasteiger partial charge in [-0.05, 0) is 5.57 Å². The first-order valence-corrected chi connectivity index (χ1v) is 5.86. The molecule has 0 unspecified atom stereocenters. The molecule has 5 nitrogen and oxygen atoms in total. The van der Waals surface area contributed by atoms with Crippen molar-refractivity contribution >= 4 is 35.2 Å². The third kappa shape index (κ3) is 1.44. The van der Waals surface area contributed by atoms with Crippen LogP contribution in [0.2, 0.25) is 0 Å². The SMILES string of the molecule is N[C@H]1C(=O)N2C(C(=O)[O-])=C(CCl)CS[C@@H]12. The number of hydrogen-bond donors (Lipinski definition) is 1. The maximum Gasteiger partial charge on any atom is 0.248 e. The summed E-state index contributed by atoms with van der Waals surface area (Å²) < 4.78 is 0. The first-order chi connectivity index (χ1) is 7.07. The van der Waals surface area contributed by atoms with Crippen molar-refractivity contribution in [2.75, 3.05) is 11.6 Å². The van der Waals surface area contributed by atoms with Crippen LogP contribution < -0.4 is 10.8 Å². The highest BCUT2D eigenvalue weighted by molar-refractivity contribution is 8.00. The van der Waals surface area contributed by atoms with Crippen LogP contribution in [0.4, 0.5) is 0 Å². The van der Waals surface area contributed by atoms with Crippen LogP contribution in [0.15, 0.2) is 11.3 Å². The Morgan fingerprint density at radius 2 is 2.40 bits per heavy atom. The van der Waals surface area contributed by atoms with Crippen LogP contribution in [0.1, 0.15) is 0 Å². The van der Waals surface area contributed by atoms with E-state index in [1.54, 1.807) is 0 Å². The molecule has 0 aromatic rings. The van der Waals surface area contributed by atoms with Gasteiger partial charge in [0.2, 0.25) is 5.91 Å². The molecule has 2 rings (SSSR count). The molecule has 0 aromatic heterocycles. The summed E-state index contributed by atoms with van der Waals surface area (Å²) in [5.41, 5.74) is 5.96. The fourth-order valence-electron chi connectivity index (χ4n) is 1.67. The lowest BCUT2D eigenvalue weighted by Crippen LogP contribution is -2.69. The molecule has 1 saturated heterocycles. The largest absolute Gasteiger partial charge is 0.543 e. The summed E-state index contributed by atoms with van der Waals surface area (Å²) in [7, 11) is 0. The number of halogens is 1. The standard InChI is InChI=1S/C8H9ClN2O3S/c9-1-3-2-15-7-4(10)6(12)11(7)5(3)8(13)14/h4,7H,1-2,10H2,(H,13,14)/p-1/t4-,7-/m0/s1. The molecule has 7 heteroatoms. The minimum atomic E-state index is -1.36. The number of rotatable bonds is 2. The van der Waals surface area contributed by atoms with Gasteiger partial charge in [-0.3, -0.25) is 9.69 Å². The van der Waals surface area contributed by atoms with Gasteiger partial charge in [-0.15, -0.1) is 23.4 Å². The summed E-state index contributed by atoms with van der Waals surface area (Å²) in [6.07, 6.45) is 0. The fourth-order valence-corrected chi connectivity index (χ4v) is 3.30. The number of carbonyl (C=O) groups excluding carboxylic acids is 2. The van der Waals surface area contributed by atoms with E-state index in [1.807, 2.05) is 0 Å². The highest BCUT2D eigenvalue weighted by Gasteiger charge is 2.49. The molecule has 0 spiro atoms. The fraction of sp³-hybridized carbons (Fsp3) is 0.500. The van der Waals surface area contributed by atoms with E-state index in [9.17, 15) is 14.7 Å². The van der Waals surface area contributed by atoms with Crippen molar-refractivity contribution in [3.05, 3.63) is 11.3 Å². The molecule has 0 saturated carbocycles. The number of β-lactam (4-membered cyclic amide) rings is 1. The summed E-state index contributed by atoms with van der Waals surface area (Å²) >= 11 is 7.03. The van der Waals surface area contributed by atoms with Crippen LogP contribution in [0, 0.1) is 0 Å². The smallest absolute Gasteiger partial charge is 0.248 e. The number of carbonyl (C=O) groups is 2. The van der Waals surface area contributed by atoms with Crippen molar-refractivity contribution in [3.63, 3.8) is 0 Å². The number of nitrogens with zero attached hydrogens (tertiary/aromatic N) is 1. The minimum Gasteiger partial charge on any atom is -0.543 e. The molecule has 0 aliphatic carbocycles. The zero-order chi connectivity index (χ0) is 11.2. The van der Waals surface area contributed by atoms with Crippen molar-refractivity contribution < 1.29 is 14.7 Å². The lowest BCUT2D eigenvalue weighted by atomic mass is 10.0. The number of carboxylic acid groups (broad SMARTS) is 1. The topological polar surface area (TPSA) is 86.5 Å². The van der Waals surface area contributed by atoms with E-state index < -0.39 is 12.0 Å². The van der Waals surface area contributed by atoms with Crippen LogP contribution in [0.25, 0.3) is 0 Å². The molecule has 1 fully saturated rings. The Morgan fingerprint density at radius 1 is 1.73 bits per heavy atom. The van der Waals surface area contributed by atoms with Gasteiger partial charge in [0.05, 0.1) is 11.7 Å². The normalized spacial score (nSPS) is 30.0. The third-order valence-corrected chi connectivity index (χ3v) is 4.13. The Hall–Kier alpha value is -0.720. The number of nitrogens with two attached hydrogens (primary N) is 1. The summed E-state index contributed by atoms with van der Waals surface area (Å²) in [6, 6.07) is -0.610. The maximum absolute atomic E-state index is 11.4. The minimum absolute atomic E-state index is 0.0854. The predicted octanol–water partition coefficient (Wildman–Crippen LogP) is -1.53. The first-order valence-electron chi connectivity index (χ1n) is 4.27. The number of aliphatic carboxylic acids is 1. The van der Waals surface area contributed by atoms with Crippen molar-refractivity contribution in [1.29, 1.82) is 0 Å². The van der Waals surface area contributed by atoms with Gasteiger partial charge < -0.3 is 15.6 Å². The highest BCUT2D eigenvalue weighted by atomic mass is 35.5. The zero-order valence-electron chi connectivity index (χ0n) is 7.60. The van der Waals surface area contributed by atoms with Gasteiger partial charge in [-0.1, -0.05) is 0 Å². The van der Waals surface area contributed by atoms with Crippen LogP contribution >= 0.6 is 23.4 Å². The lowest BCUT2D eigenvalue weighted by molar-refractivity contribution is -0.301. The molecule has 0 aromatic carbocycles. The third-order valence-electron chi connectivity index (χ3n) is 2.44. The maximum atomic E-state index is 11.4. The van der Waals surface area contributed by atoms with Gasteiger partial charge in [0.1, 0.15) is 11.4 Å². The number of hydrogen-bond acceptors (Lipinski definition) is 5. The molecule has 2 N–H and O–H groups in total. The average molecular weight is 248 g/mol. The Kier molecular flexibility index (Phi) is 2.66. The second-order valence-corrected chi connectivity index (χ2v) is 4.68. The van der Waals surface area contributed by atoms with E-state index in [2.05, 4.69) is 0 Å². The predicted molar refractivity (Wildman–Crippen MR) is 53.8 cm³/mol. The second-order valence-electron chi connectivity index (χ2n) is 3.31. The molecule has 2 aliphatic rings. The van der Waals surface area contributed by atoms with Crippen molar-refractivity contribution in [2.45, 2.75) is 11.4 Å². The van der Waals surface area contributed by atoms with E-state index in [0.717, 1.165) is 0 Å². The first kappa shape index (κ1) is 10.8. The summed E-state index contributed by atoms with van der Waals surface area (Å²) in [5, 5.41) is 10.6. The van der Waals surface area contributed by atoms with Gasteiger partial charge in [-0.25, -0.2) is 0 Å². The summed E-state index contributed by atoms with van der Waals surface area (Å²) in [4.78, 5) is 23.5. The monoisotopic (exact) mass is 247 g/mol. The van der Waals surface area contributed by atoms with Crippen molar-refractivity contribution in [3.8, 4) is 0 Å². The van der Waals surface area contributed by atoms with E-state index in [4.69, 9.17) is 17.3 Å². The lowest BCUT2D eigenvalue weighted by Gasteiger charge is -2.49. The van der Waals surface area contributed by atoms with Crippen LogP contribution in [-0.4, -0.2) is 39.8 Å². The molecular weight excluding hydrogens is 240 g/mol. The van der Waals surface area contributed by atoms with Crippen LogP contribution in [0.5, 0.6) is 0 Å². The summed E-state index contributed by atoms with van der Waals surface area (Å²) in [5.74, 6) is -1.18. The van der Waals surface area contributed by atoms with Gasteiger partial charge in [0.15, 0.2) is 0 Å². The van der Waals surface area contributed by atoms with Gasteiger partial charge in [0, 0.05) is 11.6 Å². The van der Waals surface area contributed by atoms with E-state index in [-0.39, 0.29) is 22.9 Å². The molecule has 2 atom stereocenters. The van der Waals surface area contributed by atoms with Gasteiger partial charge in [0.25, 0.3) is 0 Å². The number of fused-ring (bicyclic) bond motifs is 1. The number of carboxylic acids is 1. The Labute approximate surface area is 95.2 Å². The number of alkyl halides is 1. The Morgan fingerprint density at radius 3 is 2.93 bits per heavy atom. The second kappa shape index (κ2) is 3.70. The highest BCUT2D eigenvalue weighted by Crippen LogP contribution is 2.39. The van der Waals surface area contributed by atoms with Gasteiger partial charge in [-0.2, -0.15) is 0 Å². The Bertz CT molecular complexity index is 371. The van der Waals surface area contributed by atoms with E-state index in [0.29, 0.717) is 11.3 Å². The molecule has 2 aliphatic heterocycles. The summed E-state index contributed by atoms with van der Waals surface area (Å²) in [6.45, 7) is 0. The number of amides is 1. The van der Waals surface area contributed by atoms with Crippen LogP contribution in [-0.2, 0) is 9.59 Å².